The van der Waals surface area contributed by atoms with E-state index in [0.29, 0.717) is 0 Å². The monoisotopic (exact) mass is 185 g/mol. The summed E-state index contributed by atoms with van der Waals surface area (Å²) in [7, 11) is 0. The van der Waals surface area contributed by atoms with Crippen LogP contribution in [0.3, 0.4) is 0 Å². The van der Waals surface area contributed by atoms with Gasteiger partial charge in [-0.05, 0) is 10.4 Å². The van der Waals surface area contributed by atoms with Crippen molar-refractivity contribution in [1.82, 2.24) is 0 Å². The Hall–Kier alpha value is -0.690. The van der Waals surface area contributed by atoms with Gasteiger partial charge in [0.05, 0.1) is 0 Å². The molecule has 0 atom stereocenters. The average molecular weight is 185 g/mol. The molecule has 1 N–H and O–H groups in total. The van der Waals surface area contributed by atoms with E-state index < -0.39 is 0 Å². The van der Waals surface area contributed by atoms with Crippen LogP contribution in [0.5, 0.6) is 0 Å². The van der Waals surface area contributed by atoms with E-state index in [9.17, 15) is 0 Å². The normalized spacial score (nSPS) is 8.46. The van der Waals surface area contributed by atoms with Crippen molar-refractivity contribution in [2.45, 2.75) is 65.2 Å². The van der Waals surface area contributed by atoms with Gasteiger partial charge >= 0.3 is 0 Å². The highest BCUT2D eigenvalue weighted by Gasteiger charge is 1.87. The molecule has 3 heteroatoms. The zero-order chi connectivity index (χ0) is 10.4. The molecule has 0 spiro atoms. The Morgan fingerprint density at radius 3 is 1.31 bits per heavy atom. The zero-order valence-electron chi connectivity index (χ0n) is 9.05. The Kier molecular flexibility index (Phi) is 19.8. The molecule has 3 nitrogen and oxygen atoms in total. The van der Waals surface area contributed by atoms with Gasteiger partial charge in [-0.2, -0.15) is 0 Å². The van der Waals surface area contributed by atoms with Crippen molar-refractivity contribution < 1.29 is 0 Å². The Morgan fingerprint density at radius 1 is 0.846 bits per heavy atom. The summed E-state index contributed by atoms with van der Waals surface area (Å²) in [6.07, 6.45) is 11.5. The van der Waals surface area contributed by atoms with E-state index in [2.05, 4.69) is 13.8 Å². The van der Waals surface area contributed by atoms with Crippen LogP contribution in [0.2, 0.25) is 0 Å². The molecule has 0 unspecified atom stereocenters. The SMILES string of the molecule is CCCCCCCCCC.[N-]=[N+]=N. The topological polar surface area (TPSA) is 60.3 Å². The minimum Gasteiger partial charge on any atom is -0.108 e. The number of unbranched alkanes of at least 4 members (excludes halogenated alkanes) is 7. The summed E-state index contributed by atoms with van der Waals surface area (Å²) in [5, 5.41) is 0. The lowest BCUT2D eigenvalue weighted by molar-refractivity contribution is 0.585. The van der Waals surface area contributed by atoms with Crippen LogP contribution in [-0.4, -0.2) is 0 Å². The van der Waals surface area contributed by atoms with Gasteiger partial charge in [0, 0.05) is 0 Å². The molecule has 13 heavy (non-hydrogen) atoms. The van der Waals surface area contributed by atoms with Gasteiger partial charge in [0.1, 0.15) is 0 Å². The van der Waals surface area contributed by atoms with E-state index in [1.165, 1.54) is 51.4 Å². The zero-order valence-corrected chi connectivity index (χ0v) is 9.05. The van der Waals surface area contributed by atoms with Gasteiger partial charge in [-0.25, -0.2) is 0 Å². The maximum Gasteiger partial charge on any atom is -0.00208 e. The third kappa shape index (κ3) is 24.6. The summed E-state index contributed by atoms with van der Waals surface area (Å²) < 4.78 is 0. The van der Waals surface area contributed by atoms with Crippen LogP contribution in [0, 0.1) is 5.53 Å². The standard InChI is InChI=1S/C10H22.HN3/c1-3-5-7-9-10-8-6-4-2;1-3-2/h3-10H2,1-2H3;1H. The van der Waals surface area contributed by atoms with Crippen LogP contribution in [0.15, 0.2) is 0 Å². The summed E-state index contributed by atoms with van der Waals surface area (Å²) in [6.45, 7) is 4.54. The molecular formula is C10H23N3. The number of nitrogens with one attached hydrogen (secondary N) is 1. The fraction of sp³-hybridized carbons (Fsp3) is 1.00. The first-order chi connectivity index (χ1) is 6.33. The second kappa shape index (κ2) is 17.4. The van der Waals surface area contributed by atoms with Crippen LogP contribution in [0.25, 0.3) is 10.4 Å². The lowest BCUT2D eigenvalue weighted by Crippen LogP contribution is -1.77. The molecule has 0 saturated carbocycles. The highest BCUT2D eigenvalue weighted by molar-refractivity contribution is 4.43. The fourth-order valence-corrected chi connectivity index (χ4v) is 1.21. The van der Waals surface area contributed by atoms with Crippen molar-refractivity contribution in [2.75, 3.05) is 0 Å². The van der Waals surface area contributed by atoms with Crippen molar-refractivity contribution in [3.63, 3.8) is 0 Å². The van der Waals surface area contributed by atoms with Crippen molar-refractivity contribution in [3.8, 4) is 0 Å². The van der Waals surface area contributed by atoms with Crippen molar-refractivity contribution in [1.29, 1.82) is 5.53 Å². The van der Waals surface area contributed by atoms with E-state index in [1.54, 1.807) is 4.91 Å². The van der Waals surface area contributed by atoms with Crippen molar-refractivity contribution in [2.24, 2.45) is 0 Å². The van der Waals surface area contributed by atoms with Crippen LogP contribution in [0.1, 0.15) is 65.2 Å². The van der Waals surface area contributed by atoms with E-state index in [0.717, 1.165) is 0 Å². The fourth-order valence-electron chi connectivity index (χ4n) is 1.21. The first-order valence-electron chi connectivity index (χ1n) is 5.34. The van der Waals surface area contributed by atoms with Crippen LogP contribution in [0.4, 0.5) is 0 Å². The second-order valence-corrected chi connectivity index (χ2v) is 3.22. The largest absolute Gasteiger partial charge is 0.108 e. The summed E-state index contributed by atoms with van der Waals surface area (Å²) in [4.78, 5) is 1.75. The van der Waals surface area contributed by atoms with Gasteiger partial charge in [0.2, 0.25) is 0 Å². The molecule has 0 aromatic heterocycles. The van der Waals surface area contributed by atoms with Crippen molar-refractivity contribution >= 4 is 0 Å². The van der Waals surface area contributed by atoms with E-state index in [-0.39, 0.29) is 0 Å². The Bertz CT molecular complexity index is 98.7. The molecule has 0 aromatic carbocycles. The maximum absolute atomic E-state index is 6.86. The molecule has 0 aliphatic carbocycles. The predicted molar refractivity (Wildman–Crippen MR) is 57.7 cm³/mol. The summed E-state index contributed by atoms with van der Waals surface area (Å²) in [6, 6.07) is 0. The molecule has 0 bridgehead atoms. The highest BCUT2D eigenvalue weighted by atomic mass is 15.0. The van der Waals surface area contributed by atoms with Gasteiger partial charge in [0.15, 0.2) is 0 Å². The molecule has 0 aliphatic heterocycles. The van der Waals surface area contributed by atoms with Crippen LogP contribution in [-0.2, 0) is 0 Å². The Labute approximate surface area is 82.0 Å². The van der Waals surface area contributed by atoms with E-state index in [1.807, 2.05) is 0 Å². The van der Waals surface area contributed by atoms with E-state index >= 15 is 0 Å². The molecule has 0 aliphatic rings. The maximum atomic E-state index is 6.86. The number of nitrogens with zero attached hydrogens (tertiary/aromatic N) is 2. The lowest BCUT2D eigenvalue weighted by atomic mass is 10.1. The van der Waals surface area contributed by atoms with Gasteiger partial charge in [-0.1, -0.05) is 65.2 Å². The van der Waals surface area contributed by atoms with Gasteiger partial charge in [-0.3, -0.25) is 0 Å². The molecule has 0 saturated heterocycles. The Morgan fingerprint density at radius 2 is 1.08 bits per heavy atom. The number of hydrogen-bond acceptors (Lipinski definition) is 1. The molecule has 0 aromatic rings. The average Bonchev–Trinajstić information content (AvgIpc) is 2.13. The molecule has 0 rings (SSSR count). The molecule has 78 valence electrons. The Balaban J connectivity index is 0. The van der Waals surface area contributed by atoms with Crippen LogP contribution >= 0.6 is 0 Å². The lowest BCUT2D eigenvalue weighted by Gasteiger charge is -1.97. The van der Waals surface area contributed by atoms with Gasteiger partial charge in [0.25, 0.3) is 0 Å². The molecule has 0 heterocycles. The first-order valence-corrected chi connectivity index (χ1v) is 5.34. The third-order valence-electron chi connectivity index (χ3n) is 1.96. The minimum absolute atomic E-state index is 1.37. The predicted octanol–water partition coefficient (Wildman–Crippen LogP) is 5.02. The molecule has 0 radical (unpaired) electrons. The van der Waals surface area contributed by atoms with Crippen molar-refractivity contribution in [3.05, 3.63) is 10.4 Å². The minimum atomic E-state index is 1.37. The third-order valence-corrected chi connectivity index (χ3v) is 1.96. The molecule has 0 fully saturated rings. The van der Waals surface area contributed by atoms with Gasteiger partial charge < -0.3 is 0 Å². The van der Waals surface area contributed by atoms with Crippen LogP contribution < -0.4 is 0 Å². The number of rotatable bonds is 7. The smallest absolute Gasteiger partial charge is 0.00208 e. The highest BCUT2D eigenvalue weighted by Crippen LogP contribution is 2.07. The molecule has 0 amide bonds. The summed E-state index contributed by atoms with van der Waals surface area (Å²) >= 11 is 0. The van der Waals surface area contributed by atoms with E-state index in [4.69, 9.17) is 11.1 Å². The first kappa shape index (κ1) is 14.8. The second-order valence-electron chi connectivity index (χ2n) is 3.22. The quantitative estimate of drug-likeness (QED) is 0.250. The summed E-state index contributed by atoms with van der Waals surface area (Å²) in [5.41, 5.74) is 12.2. The number of hydrogen-bond donors (Lipinski definition) is 1. The van der Waals surface area contributed by atoms with Gasteiger partial charge in [-0.15, -0.1) is 5.53 Å². The summed E-state index contributed by atoms with van der Waals surface area (Å²) in [5.74, 6) is 0. The molecular weight excluding hydrogens is 162 g/mol.